The molecule has 2 N–H and O–H groups in total. The first-order valence-electron chi connectivity index (χ1n) is 3.64. The van der Waals surface area contributed by atoms with Crippen LogP contribution in [0.15, 0.2) is 11.4 Å². The summed E-state index contributed by atoms with van der Waals surface area (Å²) in [5.74, 6) is -1.37. The fraction of sp³-hybridized carbons (Fsp3) is 0.250. The fourth-order valence-electron chi connectivity index (χ4n) is 0.793. The number of hydrogen-bond acceptors (Lipinski definition) is 3. The van der Waals surface area contributed by atoms with Gasteiger partial charge in [-0.15, -0.1) is 11.3 Å². The predicted octanol–water partition coefficient (Wildman–Crippen LogP) is 0.871. The van der Waals surface area contributed by atoms with Crippen molar-refractivity contribution in [3.8, 4) is 0 Å². The molecule has 70 valence electrons. The van der Waals surface area contributed by atoms with E-state index in [1.54, 1.807) is 6.07 Å². The molecule has 0 saturated carbocycles. The summed E-state index contributed by atoms with van der Waals surface area (Å²) >= 11 is 1.30. The highest BCUT2D eigenvalue weighted by molar-refractivity contribution is 7.12. The zero-order valence-corrected chi connectivity index (χ0v) is 7.85. The van der Waals surface area contributed by atoms with Crippen molar-refractivity contribution in [2.75, 3.05) is 6.54 Å². The van der Waals surface area contributed by atoms with Crippen LogP contribution in [0.4, 0.5) is 0 Å². The number of thiophene rings is 1. The SMILES string of the molecule is Cc1csc(C(=O)NCC(=O)O)c1. The van der Waals surface area contributed by atoms with E-state index in [9.17, 15) is 9.59 Å². The molecule has 4 nitrogen and oxygen atoms in total. The lowest BCUT2D eigenvalue weighted by atomic mass is 10.3. The van der Waals surface area contributed by atoms with Gasteiger partial charge in [0.15, 0.2) is 0 Å². The molecule has 1 aromatic rings. The smallest absolute Gasteiger partial charge is 0.322 e. The van der Waals surface area contributed by atoms with Crippen LogP contribution in [0.2, 0.25) is 0 Å². The number of carbonyl (C=O) groups is 2. The first-order chi connectivity index (χ1) is 6.09. The largest absolute Gasteiger partial charge is 0.480 e. The number of amides is 1. The summed E-state index contributed by atoms with van der Waals surface area (Å²) in [4.78, 5) is 21.9. The minimum atomic E-state index is -1.04. The number of carboxylic acids is 1. The van der Waals surface area contributed by atoms with Gasteiger partial charge in [0.2, 0.25) is 0 Å². The van der Waals surface area contributed by atoms with E-state index < -0.39 is 5.97 Å². The van der Waals surface area contributed by atoms with Crippen LogP contribution in [0.3, 0.4) is 0 Å². The van der Waals surface area contributed by atoms with E-state index in [0.717, 1.165) is 5.56 Å². The van der Waals surface area contributed by atoms with Crippen molar-refractivity contribution in [2.24, 2.45) is 0 Å². The van der Waals surface area contributed by atoms with Crippen LogP contribution in [0, 0.1) is 6.92 Å². The molecule has 0 bridgehead atoms. The lowest BCUT2D eigenvalue weighted by molar-refractivity contribution is -0.135. The van der Waals surface area contributed by atoms with Crippen LogP contribution in [-0.2, 0) is 4.79 Å². The molecule has 13 heavy (non-hydrogen) atoms. The second-order valence-corrected chi connectivity index (χ2v) is 3.48. The van der Waals surface area contributed by atoms with Gasteiger partial charge in [-0.05, 0) is 23.9 Å². The molecule has 1 rings (SSSR count). The molecule has 1 aromatic heterocycles. The topological polar surface area (TPSA) is 66.4 Å². The average Bonchev–Trinajstić information content (AvgIpc) is 2.47. The van der Waals surface area contributed by atoms with E-state index in [-0.39, 0.29) is 12.5 Å². The van der Waals surface area contributed by atoms with Crippen LogP contribution >= 0.6 is 11.3 Å². The Kier molecular flexibility index (Phi) is 3.02. The molecule has 0 radical (unpaired) electrons. The van der Waals surface area contributed by atoms with E-state index in [4.69, 9.17) is 5.11 Å². The van der Waals surface area contributed by atoms with Crippen LogP contribution in [0.5, 0.6) is 0 Å². The Bertz CT molecular complexity index is 332. The first-order valence-corrected chi connectivity index (χ1v) is 4.52. The van der Waals surface area contributed by atoms with Crippen molar-refractivity contribution in [3.63, 3.8) is 0 Å². The minimum Gasteiger partial charge on any atom is -0.480 e. The zero-order chi connectivity index (χ0) is 9.84. The third kappa shape index (κ3) is 2.87. The third-order valence-electron chi connectivity index (χ3n) is 1.35. The van der Waals surface area contributed by atoms with Gasteiger partial charge in [-0.3, -0.25) is 9.59 Å². The highest BCUT2D eigenvalue weighted by Gasteiger charge is 2.08. The first kappa shape index (κ1) is 9.73. The molecule has 0 atom stereocenters. The summed E-state index contributed by atoms with van der Waals surface area (Å²) in [6, 6.07) is 1.72. The normalized spacial score (nSPS) is 9.62. The van der Waals surface area contributed by atoms with Crippen LogP contribution < -0.4 is 5.32 Å². The van der Waals surface area contributed by atoms with E-state index in [1.165, 1.54) is 11.3 Å². The lowest BCUT2D eigenvalue weighted by Gasteiger charge is -1.97. The Morgan fingerprint density at radius 2 is 2.31 bits per heavy atom. The van der Waals surface area contributed by atoms with Gasteiger partial charge in [0.1, 0.15) is 6.54 Å². The quantitative estimate of drug-likeness (QED) is 0.759. The number of aliphatic carboxylic acids is 1. The van der Waals surface area contributed by atoms with Crippen molar-refractivity contribution < 1.29 is 14.7 Å². The Balaban J connectivity index is 2.54. The maximum Gasteiger partial charge on any atom is 0.322 e. The van der Waals surface area contributed by atoms with Gasteiger partial charge in [-0.25, -0.2) is 0 Å². The molecule has 1 amide bonds. The van der Waals surface area contributed by atoms with Gasteiger partial charge >= 0.3 is 5.97 Å². The Hall–Kier alpha value is -1.36. The standard InChI is InChI=1S/C8H9NO3S/c1-5-2-6(13-4-5)8(12)9-3-7(10)11/h2,4H,3H2,1H3,(H,9,12)(H,10,11). The number of aryl methyl sites for hydroxylation is 1. The van der Waals surface area contributed by atoms with Crippen LogP contribution in [0.1, 0.15) is 15.2 Å². The van der Waals surface area contributed by atoms with Crippen molar-refractivity contribution in [1.82, 2.24) is 5.32 Å². The van der Waals surface area contributed by atoms with Crippen molar-refractivity contribution in [2.45, 2.75) is 6.92 Å². The number of carboxylic acid groups (broad SMARTS) is 1. The second kappa shape index (κ2) is 4.04. The highest BCUT2D eigenvalue weighted by Crippen LogP contribution is 2.12. The highest BCUT2D eigenvalue weighted by atomic mass is 32.1. The summed E-state index contributed by atoms with van der Waals surface area (Å²) in [5, 5.41) is 12.4. The van der Waals surface area contributed by atoms with Crippen LogP contribution in [0.25, 0.3) is 0 Å². The van der Waals surface area contributed by atoms with E-state index in [0.29, 0.717) is 4.88 Å². The number of nitrogens with one attached hydrogen (secondary N) is 1. The van der Waals surface area contributed by atoms with Crippen molar-refractivity contribution >= 4 is 23.2 Å². The van der Waals surface area contributed by atoms with Gasteiger partial charge in [0.25, 0.3) is 5.91 Å². The molecule has 0 aromatic carbocycles. The lowest BCUT2D eigenvalue weighted by Crippen LogP contribution is -2.28. The zero-order valence-electron chi connectivity index (χ0n) is 7.03. The van der Waals surface area contributed by atoms with Crippen LogP contribution in [-0.4, -0.2) is 23.5 Å². The molecule has 0 aliphatic carbocycles. The number of hydrogen-bond donors (Lipinski definition) is 2. The van der Waals surface area contributed by atoms with Gasteiger partial charge in [-0.2, -0.15) is 0 Å². The predicted molar refractivity (Wildman–Crippen MR) is 49.0 cm³/mol. The van der Waals surface area contributed by atoms with Gasteiger partial charge in [-0.1, -0.05) is 0 Å². The summed E-state index contributed by atoms with van der Waals surface area (Å²) in [5.41, 5.74) is 1.01. The van der Waals surface area contributed by atoms with Gasteiger partial charge < -0.3 is 10.4 Å². The summed E-state index contributed by atoms with van der Waals surface area (Å²) in [6.07, 6.45) is 0. The summed E-state index contributed by atoms with van der Waals surface area (Å²) < 4.78 is 0. The minimum absolute atomic E-state index is 0.333. The van der Waals surface area contributed by atoms with Crippen molar-refractivity contribution in [3.05, 3.63) is 21.9 Å². The number of carbonyl (C=O) groups excluding carboxylic acids is 1. The average molecular weight is 199 g/mol. The fourth-order valence-corrected chi connectivity index (χ4v) is 1.61. The molecular weight excluding hydrogens is 190 g/mol. The molecule has 0 saturated heterocycles. The molecule has 1 heterocycles. The molecule has 0 aliphatic rings. The monoisotopic (exact) mass is 199 g/mol. The molecule has 0 aliphatic heterocycles. The Labute approximate surface area is 79.2 Å². The maximum atomic E-state index is 11.2. The van der Waals surface area contributed by atoms with E-state index in [2.05, 4.69) is 5.32 Å². The van der Waals surface area contributed by atoms with Gasteiger partial charge in [0.05, 0.1) is 4.88 Å². The third-order valence-corrected chi connectivity index (χ3v) is 2.40. The summed E-state index contributed by atoms with van der Waals surface area (Å²) in [7, 11) is 0. The van der Waals surface area contributed by atoms with E-state index in [1.807, 2.05) is 12.3 Å². The second-order valence-electron chi connectivity index (χ2n) is 2.56. The van der Waals surface area contributed by atoms with Crippen molar-refractivity contribution in [1.29, 1.82) is 0 Å². The maximum absolute atomic E-state index is 11.2. The Morgan fingerprint density at radius 3 is 2.77 bits per heavy atom. The van der Waals surface area contributed by atoms with E-state index >= 15 is 0 Å². The molecular formula is C8H9NO3S. The molecule has 0 spiro atoms. The molecule has 0 fully saturated rings. The Morgan fingerprint density at radius 1 is 1.62 bits per heavy atom. The molecule has 0 unspecified atom stereocenters. The molecule has 5 heteroatoms. The summed E-state index contributed by atoms with van der Waals surface area (Å²) in [6.45, 7) is 1.54. The number of rotatable bonds is 3. The van der Waals surface area contributed by atoms with Gasteiger partial charge in [0, 0.05) is 0 Å².